The van der Waals surface area contributed by atoms with E-state index in [1.807, 2.05) is 11.8 Å². The van der Waals surface area contributed by atoms with Crippen molar-refractivity contribution >= 4 is 16.9 Å². The molecule has 1 fully saturated rings. The zero-order valence-corrected chi connectivity index (χ0v) is 13.6. The Hall–Kier alpha value is -0.180. The molecule has 19 heavy (non-hydrogen) atoms. The lowest BCUT2D eigenvalue weighted by molar-refractivity contribution is 0.284. The van der Waals surface area contributed by atoms with Crippen molar-refractivity contribution in [2.45, 2.75) is 77.0 Å². The average Bonchev–Trinajstić information content (AvgIpc) is 2.83. The minimum Gasteiger partial charge on any atom is -0.362 e. The van der Waals surface area contributed by atoms with Gasteiger partial charge < -0.3 is 5.32 Å². The van der Waals surface area contributed by atoms with Crippen LogP contribution in [0, 0.1) is 11.8 Å². The second-order valence-corrected chi connectivity index (χ2v) is 7.86. The second kappa shape index (κ2) is 7.56. The van der Waals surface area contributed by atoms with Crippen LogP contribution in [0.3, 0.4) is 0 Å². The van der Waals surface area contributed by atoms with Crippen molar-refractivity contribution < 1.29 is 0 Å². The maximum absolute atomic E-state index is 4.72. The summed E-state index contributed by atoms with van der Waals surface area (Å²) in [5.74, 6) is 1.67. The molecule has 2 unspecified atom stereocenters. The van der Waals surface area contributed by atoms with Crippen molar-refractivity contribution in [1.29, 1.82) is 0 Å². The van der Waals surface area contributed by atoms with Gasteiger partial charge in [0.25, 0.3) is 0 Å². The molecular weight excluding hydrogens is 252 g/mol. The Balaban J connectivity index is 1.79. The molecule has 0 aromatic heterocycles. The summed E-state index contributed by atoms with van der Waals surface area (Å²) >= 11 is 1.99. The van der Waals surface area contributed by atoms with Crippen molar-refractivity contribution in [3.63, 3.8) is 0 Å². The van der Waals surface area contributed by atoms with Crippen LogP contribution >= 0.6 is 11.8 Å². The van der Waals surface area contributed by atoms with Crippen LogP contribution in [0.5, 0.6) is 0 Å². The van der Waals surface area contributed by atoms with E-state index >= 15 is 0 Å². The van der Waals surface area contributed by atoms with E-state index in [1.54, 1.807) is 0 Å². The maximum Gasteiger partial charge on any atom is 0.157 e. The summed E-state index contributed by atoms with van der Waals surface area (Å²) in [4.78, 5) is 4.72. The smallest absolute Gasteiger partial charge is 0.157 e. The Morgan fingerprint density at radius 1 is 1.26 bits per heavy atom. The summed E-state index contributed by atoms with van der Waals surface area (Å²) in [5, 5.41) is 5.69. The lowest BCUT2D eigenvalue weighted by Gasteiger charge is -2.30. The van der Waals surface area contributed by atoms with Crippen molar-refractivity contribution in [2.75, 3.05) is 6.54 Å². The van der Waals surface area contributed by atoms with Crippen molar-refractivity contribution in [1.82, 2.24) is 5.32 Å². The number of aliphatic imine (C=N–C) groups is 1. The van der Waals surface area contributed by atoms with Crippen LogP contribution in [-0.2, 0) is 0 Å². The Kier molecular flexibility index (Phi) is 6.06. The van der Waals surface area contributed by atoms with Gasteiger partial charge >= 0.3 is 0 Å². The first-order valence-electron chi connectivity index (χ1n) is 8.16. The van der Waals surface area contributed by atoms with Crippen LogP contribution < -0.4 is 5.32 Å². The van der Waals surface area contributed by atoms with E-state index in [9.17, 15) is 0 Å². The Labute approximate surface area is 123 Å². The standard InChI is InChI=1S/C16H30N2S/c1-4-15(13-8-6-5-7-9-13)18-16-17-11-14(19-16)10-12(2)3/h12-15H,4-11H2,1-3H3,(H,17,18). The van der Waals surface area contributed by atoms with Gasteiger partial charge in [-0.15, -0.1) is 0 Å². The van der Waals surface area contributed by atoms with Gasteiger partial charge in [0, 0.05) is 11.3 Å². The number of thioether (sulfide) groups is 1. The predicted octanol–water partition coefficient (Wildman–Crippen LogP) is 4.45. The molecule has 1 N–H and O–H groups in total. The largest absolute Gasteiger partial charge is 0.362 e. The molecule has 0 bridgehead atoms. The molecule has 1 heterocycles. The monoisotopic (exact) mass is 282 g/mol. The van der Waals surface area contributed by atoms with Gasteiger partial charge in [-0.2, -0.15) is 0 Å². The summed E-state index contributed by atoms with van der Waals surface area (Å²) in [6, 6.07) is 0.657. The molecule has 0 spiro atoms. The van der Waals surface area contributed by atoms with Crippen molar-refractivity contribution in [3.8, 4) is 0 Å². The number of nitrogens with one attached hydrogen (secondary N) is 1. The number of hydrogen-bond acceptors (Lipinski definition) is 3. The highest BCUT2D eigenvalue weighted by atomic mass is 32.2. The lowest BCUT2D eigenvalue weighted by Crippen LogP contribution is -2.39. The fraction of sp³-hybridized carbons (Fsp3) is 0.938. The first kappa shape index (κ1) is 15.2. The first-order chi connectivity index (χ1) is 9.19. The van der Waals surface area contributed by atoms with E-state index in [2.05, 4.69) is 26.1 Å². The highest BCUT2D eigenvalue weighted by Gasteiger charge is 2.26. The summed E-state index contributed by atoms with van der Waals surface area (Å²) in [7, 11) is 0. The molecule has 2 nitrogen and oxygen atoms in total. The number of amidine groups is 1. The van der Waals surface area contributed by atoms with E-state index in [-0.39, 0.29) is 0 Å². The molecule has 1 aliphatic heterocycles. The summed E-state index contributed by atoms with van der Waals surface area (Å²) < 4.78 is 0. The minimum absolute atomic E-state index is 0.657. The normalized spacial score (nSPS) is 26.5. The molecule has 2 atom stereocenters. The van der Waals surface area contributed by atoms with E-state index in [4.69, 9.17) is 4.99 Å². The van der Waals surface area contributed by atoms with Gasteiger partial charge in [0.1, 0.15) is 0 Å². The third kappa shape index (κ3) is 4.70. The molecule has 2 aliphatic rings. The quantitative estimate of drug-likeness (QED) is 0.805. The van der Waals surface area contributed by atoms with Crippen LogP contribution in [0.25, 0.3) is 0 Å². The number of nitrogens with zero attached hydrogens (tertiary/aromatic N) is 1. The lowest BCUT2D eigenvalue weighted by atomic mass is 9.83. The Morgan fingerprint density at radius 2 is 2.00 bits per heavy atom. The third-order valence-electron chi connectivity index (χ3n) is 4.42. The van der Waals surface area contributed by atoms with Crippen LogP contribution in [0.15, 0.2) is 4.99 Å². The van der Waals surface area contributed by atoms with E-state index < -0.39 is 0 Å². The Bertz CT molecular complexity index is 295. The molecule has 0 aromatic rings. The number of hydrogen-bond donors (Lipinski definition) is 1. The van der Waals surface area contributed by atoms with Gasteiger partial charge in [-0.1, -0.05) is 51.8 Å². The van der Waals surface area contributed by atoms with Crippen LogP contribution in [-0.4, -0.2) is 23.0 Å². The molecule has 110 valence electrons. The average molecular weight is 282 g/mol. The fourth-order valence-corrected chi connectivity index (χ4v) is 4.71. The van der Waals surface area contributed by atoms with Gasteiger partial charge in [0.2, 0.25) is 0 Å². The first-order valence-corrected chi connectivity index (χ1v) is 9.04. The number of rotatable bonds is 5. The minimum atomic E-state index is 0.657. The molecule has 0 saturated heterocycles. The highest BCUT2D eigenvalue weighted by molar-refractivity contribution is 8.14. The van der Waals surface area contributed by atoms with Gasteiger partial charge in [-0.05, 0) is 37.5 Å². The third-order valence-corrected chi connectivity index (χ3v) is 5.56. The second-order valence-electron chi connectivity index (χ2n) is 6.57. The summed E-state index contributed by atoms with van der Waals surface area (Å²) in [6.45, 7) is 7.95. The van der Waals surface area contributed by atoms with E-state index in [0.717, 1.165) is 18.4 Å². The Morgan fingerprint density at radius 3 is 2.63 bits per heavy atom. The van der Waals surface area contributed by atoms with Gasteiger partial charge in [-0.25, -0.2) is 0 Å². The van der Waals surface area contributed by atoms with Gasteiger partial charge in [-0.3, -0.25) is 4.99 Å². The SMILES string of the molecule is CCC(NC1=NCC(CC(C)C)S1)C1CCCCC1. The van der Waals surface area contributed by atoms with Gasteiger partial charge in [0.05, 0.1) is 6.54 Å². The topological polar surface area (TPSA) is 24.4 Å². The molecular formula is C16H30N2S. The van der Waals surface area contributed by atoms with Gasteiger partial charge in [0.15, 0.2) is 5.17 Å². The fourth-order valence-electron chi connectivity index (χ4n) is 3.39. The molecule has 3 heteroatoms. The van der Waals surface area contributed by atoms with Crippen LogP contribution in [0.4, 0.5) is 0 Å². The van der Waals surface area contributed by atoms with Crippen molar-refractivity contribution in [3.05, 3.63) is 0 Å². The molecule has 2 rings (SSSR count). The molecule has 1 saturated carbocycles. The van der Waals surface area contributed by atoms with E-state index in [0.29, 0.717) is 11.3 Å². The molecule has 0 radical (unpaired) electrons. The molecule has 0 aromatic carbocycles. The maximum atomic E-state index is 4.72. The van der Waals surface area contributed by atoms with Crippen molar-refractivity contribution in [2.24, 2.45) is 16.8 Å². The zero-order chi connectivity index (χ0) is 13.7. The summed E-state index contributed by atoms with van der Waals surface area (Å²) in [6.07, 6.45) is 9.66. The highest BCUT2D eigenvalue weighted by Crippen LogP contribution is 2.30. The van der Waals surface area contributed by atoms with Crippen LogP contribution in [0.1, 0.15) is 65.7 Å². The van der Waals surface area contributed by atoms with Crippen LogP contribution in [0.2, 0.25) is 0 Å². The molecule has 1 aliphatic carbocycles. The summed E-state index contributed by atoms with van der Waals surface area (Å²) in [5.41, 5.74) is 0. The predicted molar refractivity (Wildman–Crippen MR) is 86.9 cm³/mol. The zero-order valence-electron chi connectivity index (χ0n) is 12.8. The molecule has 0 amide bonds. The van der Waals surface area contributed by atoms with E-state index in [1.165, 1.54) is 50.1 Å².